The van der Waals surface area contributed by atoms with Gasteiger partial charge >= 0.3 is 0 Å². The minimum atomic E-state index is -3.79. The number of nitrogens with one attached hydrogen (secondary N) is 2. The maximum atomic E-state index is 14.8. The number of amides is 2. The number of halogens is 4. The average Bonchev–Trinajstić information content (AvgIpc) is 1.56. The van der Waals surface area contributed by atoms with Crippen LogP contribution < -0.4 is 28.7 Å². The van der Waals surface area contributed by atoms with E-state index < -0.39 is 67.6 Å². The normalized spacial score (nSPS) is 14.2. The molecule has 2 amide bonds. The lowest BCUT2D eigenvalue weighted by Crippen LogP contribution is -2.26. The SMILES string of the molecule is CNC(=O)c1c(-c2ccc(F)cc2)oc2cc(N(C)S(C)(=O)=O)c(-c3ccc4c(n3)-c3cc5c(F)cccc5n3C(CO)O4)cc12.CNC(=O)c1c(-c2ccc(F)cc2)oc2cc(N(C)S(C)(=O)=O)c(-c3ccc4c(n3)-c3cc5c(F)cccc5n3C(CO)O4)cc12. The first-order valence-corrected chi connectivity index (χ1v) is 31.9. The van der Waals surface area contributed by atoms with Crippen LogP contribution in [-0.4, -0.2) is 112 Å². The minimum Gasteiger partial charge on any atom is -0.465 e. The van der Waals surface area contributed by atoms with Gasteiger partial charge in [-0.05, 0) is 121 Å². The van der Waals surface area contributed by atoms with E-state index in [2.05, 4.69) is 10.6 Å². The Kier molecular flexibility index (Phi) is 14.9. The van der Waals surface area contributed by atoms with Gasteiger partial charge in [-0.3, -0.25) is 18.2 Å². The van der Waals surface area contributed by atoms with Crippen molar-refractivity contribution in [3.63, 3.8) is 0 Å². The van der Waals surface area contributed by atoms with Crippen LogP contribution in [0.4, 0.5) is 28.9 Å². The fourth-order valence-corrected chi connectivity index (χ4v) is 12.7. The van der Waals surface area contributed by atoms with Gasteiger partial charge in [0.1, 0.15) is 68.8 Å². The molecule has 0 aliphatic carbocycles. The van der Waals surface area contributed by atoms with E-state index in [1.165, 1.54) is 101 Å². The highest BCUT2D eigenvalue weighted by Gasteiger charge is 2.34. The van der Waals surface area contributed by atoms with E-state index in [1.54, 1.807) is 81.9 Å². The van der Waals surface area contributed by atoms with Gasteiger partial charge in [0.05, 0.1) is 82.0 Å². The molecular formula is C66H52F4N8O12S2. The Balaban J connectivity index is 0.000000168. The predicted molar refractivity (Wildman–Crippen MR) is 338 cm³/mol. The molecular weight excluding hydrogens is 1240 g/mol. The highest BCUT2D eigenvalue weighted by Crippen LogP contribution is 2.48. The standard InChI is InChI=1S/2C33H26F2N4O6S/c2*1-36-33(41)30-21-13-20(25(38(2)46(3,42)43)15-28(21)45-32(30)17-7-9-18(34)10-8-17)23-11-12-27-31(37-23)26-14-19-22(35)5-4-6-24(19)39(26)29(16-40)44-27/h2*4-15,29,40H,16H2,1-3H3,(H,36,41). The zero-order chi connectivity index (χ0) is 65.0. The predicted octanol–water partition coefficient (Wildman–Crippen LogP) is 11.4. The zero-order valence-corrected chi connectivity index (χ0v) is 51.0. The Bertz CT molecular complexity index is 4960. The molecule has 2 aliphatic heterocycles. The lowest BCUT2D eigenvalue weighted by Gasteiger charge is -2.28. The topological polar surface area (TPSA) is 254 Å². The smallest absolute Gasteiger partial charge is 0.255 e. The van der Waals surface area contributed by atoms with Gasteiger partial charge in [0.15, 0.2) is 12.5 Å². The van der Waals surface area contributed by atoms with Crippen LogP contribution >= 0.6 is 0 Å². The van der Waals surface area contributed by atoms with Crippen molar-refractivity contribution in [2.45, 2.75) is 12.5 Å². The summed E-state index contributed by atoms with van der Waals surface area (Å²) < 4.78 is 138. The van der Waals surface area contributed by atoms with Crippen LogP contribution in [0, 0.1) is 23.3 Å². The number of pyridine rings is 2. The van der Waals surface area contributed by atoms with Crippen molar-refractivity contribution < 1.29 is 72.5 Å². The minimum absolute atomic E-state index is 0.168. The number of rotatable bonds is 12. The quantitative estimate of drug-likeness (QED) is 0.0830. The van der Waals surface area contributed by atoms with Crippen molar-refractivity contribution >= 4 is 87.0 Å². The zero-order valence-electron chi connectivity index (χ0n) is 49.4. The van der Waals surface area contributed by atoms with Crippen molar-refractivity contribution in [2.75, 3.05) is 62.5 Å². The number of nitrogens with zero attached hydrogens (tertiary/aromatic N) is 6. The molecule has 468 valence electrons. The van der Waals surface area contributed by atoms with Gasteiger partial charge < -0.3 is 48.3 Å². The molecule has 0 saturated heterocycles. The number of carbonyl (C=O) groups excluding carboxylic acids is 2. The van der Waals surface area contributed by atoms with Crippen LogP contribution in [0.25, 0.3) is 112 Å². The molecule has 92 heavy (non-hydrogen) atoms. The van der Waals surface area contributed by atoms with Crippen molar-refractivity contribution in [1.29, 1.82) is 0 Å². The maximum absolute atomic E-state index is 14.8. The van der Waals surface area contributed by atoms with E-state index in [4.69, 9.17) is 28.3 Å². The monoisotopic (exact) mass is 1290 g/mol. The molecule has 26 heteroatoms. The second kappa shape index (κ2) is 22.7. The number of aromatic nitrogens is 4. The van der Waals surface area contributed by atoms with Gasteiger partial charge in [-0.15, -0.1) is 0 Å². The summed E-state index contributed by atoms with van der Waals surface area (Å²) in [5.41, 5.74) is 6.10. The molecule has 0 saturated carbocycles. The van der Waals surface area contributed by atoms with Crippen LogP contribution in [0.5, 0.6) is 11.5 Å². The van der Waals surface area contributed by atoms with Crippen LogP contribution in [0.1, 0.15) is 33.2 Å². The lowest BCUT2D eigenvalue weighted by molar-refractivity contribution is 0.0609. The van der Waals surface area contributed by atoms with Crippen LogP contribution in [0.3, 0.4) is 0 Å². The number of hydrogen-bond acceptors (Lipinski definition) is 14. The molecule has 4 N–H and O–H groups in total. The summed E-state index contributed by atoms with van der Waals surface area (Å²) in [6.45, 7) is -0.763. The van der Waals surface area contributed by atoms with Gasteiger partial charge in [-0.2, -0.15) is 0 Å². The average molecular weight is 1290 g/mol. The first-order valence-electron chi connectivity index (χ1n) is 28.2. The number of furan rings is 2. The summed E-state index contributed by atoms with van der Waals surface area (Å²) in [5, 5.41) is 26.9. The Morgan fingerprint density at radius 1 is 0.533 bits per heavy atom. The van der Waals surface area contributed by atoms with E-state index in [0.29, 0.717) is 100 Å². The van der Waals surface area contributed by atoms with E-state index in [1.807, 2.05) is 0 Å². The number of sulfonamides is 2. The molecule has 0 spiro atoms. The number of carbonyl (C=O) groups is 2. The molecule has 12 aromatic rings. The van der Waals surface area contributed by atoms with Gasteiger partial charge in [0.2, 0.25) is 20.0 Å². The molecule has 2 aliphatic rings. The van der Waals surface area contributed by atoms with Crippen molar-refractivity contribution in [2.24, 2.45) is 0 Å². The summed E-state index contributed by atoms with van der Waals surface area (Å²) in [7, 11) is -1.87. The Hall–Kier alpha value is -10.5. The molecule has 0 radical (unpaired) electrons. The fourth-order valence-electron chi connectivity index (χ4n) is 11.7. The number of aliphatic hydroxyl groups is 2. The van der Waals surface area contributed by atoms with E-state index in [9.17, 15) is 54.2 Å². The highest BCUT2D eigenvalue weighted by molar-refractivity contribution is 7.92. The van der Waals surface area contributed by atoms with Crippen LogP contribution in [0.2, 0.25) is 0 Å². The third-order valence-corrected chi connectivity index (χ3v) is 18.6. The largest absolute Gasteiger partial charge is 0.465 e. The number of anilines is 2. The Morgan fingerprint density at radius 2 is 0.913 bits per heavy atom. The summed E-state index contributed by atoms with van der Waals surface area (Å²) in [4.78, 5) is 36.2. The van der Waals surface area contributed by atoms with E-state index >= 15 is 0 Å². The number of benzene rings is 6. The molecule has 14 rings (SSSR count). The van der Waals surface area contributed by atoms with Gasteiger partial charge in [-0.25, -0.2) is 44.4 Å². The molecule has 2 atom stereocenters. The van der Waals surface area contributed by atoms with Gasteiger partial charge in [0, 0.05) is 84.1 Å². The van der Waals surface area contributed by atoms with Gasteiger partial charge in [0.25, 0.3) is 11.8 Å². The van der Waals surface area contributed by atoms with Gasteiger partial charge in [-0.1, -0.05) is 12.1 Å². The first-order chi connectivity index (χ1) is 44.0. The highest BCUT2D eigenvalue weighted by atomic mass is 32.2. The number of aliphatic hydroxyl groups excluding tert-OH is 2. The molecule has 0 bridgehead atoms. The summed E-state index contributed by atoms with van der Waals surface area (Å²) in [6.07, 6.45) is 0.450. The van der Waals surface area contributed by atoms with Crippen LogP contribution in [-0.2, 0) is 20.0 Å². The van der Waals surface area contributed by atoms with Crippen molar-refractivity contribution in [1.82, 2.24) is 29.7 Å². The molecule has 0 fully saturated rings. The second-order valence-electron chi connectivity index (χ2n) is 21.7. The van der Waals surface area contributed by atoms with Crippen molar-refractivity contribution in [3.8, 4) is 79.4 Å². The fraction of sp³-hybridized carbons (Fsp3) is 0.152. The maximum Gasteiger partial charge on any atom is 0.255 e. The molecule has 8 heterocycles. The molecule has 6 aromatic carbocycles. The van der Waals surface area contributed by atoms with Crippen LogP contribution in [0.15, 0.2) is 154 Å². The molecule has 20 nitrogen and oxygen atoms in total. The van der Waals surface area contributed by atoms with Crippen molar-refractivity contribution in [3.05, 3.63) is 180 Å². The second-order valence-corrected chi connectivity index (χ2v) is 25.7. The molecule has 2 unspecified atom stereocenters. The number of hydrogen-bond donors (Lipinski definition) is 4. The summed E-state index contributed by atoms with van der Waals surface area (Å²) in [6, 6.07) is 36.2. The Labute approximate surface area is 521 Å². The Morgan fingerprint density at radius 3 is 1.26 bits per heavy atom. The third-order valence-electron chi connectivity index (χ3n) is 16.2. The lowest BCUT2D eigenvalue weighted by atomic mass is 10.0. The number of ether oxygens (including phenoxy) is 2. The first kappa shape index (κ1) is 60.4. The van der Waals surface area contributed by atoms with E-state index in [-0.39, 0.29) is 58.4 Å². The number of fused-ring (bicyclic) bond motifs is 12. The third kappa shape index (κ3) is 10.2. The summed E-state index contributed by atoms with van der Waals surface area (Å²) in [5.74, 6) is -1.74. The summed E-state index contributed by atoms with van der Waals surface area (Å²) >= 11 is 0. The van der Waals surface area contributed by atoms with E-state index in [0.717, 1.165) is 21.1 Å². The molecule has 6 aromatic heterocycles.